The Morgan fingerprint density at radius 3 is 1.89 bits per heavy atom. The zero-order chi connectivity index (χ0) is 96.2. The number of aliphatic carboxylic acids is 1. The number of carbonyl (C=O) groups excluding carboxylic acids is 9. The van der Waals surface area contributed by atoms with Gasteiger partial charge in [0.25, 0.3) is 0 Å². The highest BCUT2D eigenvalue weighted by Gasteiger charge is 2.53. The average Bonchev–Trinajstić information content (AvgIpc) is 0.751. The minimum atomic E-state index is -5.58. The lowest BCUT2D eigenvalue weighted by Crippen LogP contribution is -2.66. The van der Waals surface area contributed by atoms with Crippen LogP contribution in [0.25, 0.3) is 11.1 Å². The van der Waals surface area contributed by atoms with Gasteiger partial charge in [-0.05, 0) is 117 Å². The van der Waals surface area contributed by atoms with Crippen LogP contribution in [-0.2, 0) is 77.8 Å². The second-order valence-electron chi connectivity index (χ2n) is 33.3. The highest BCUT2D eigenvalue weighted by atomic mass is 35.5. The number of phenols is 3. The van der Waals surface area contributed by atoms with E-state index in [2.05, 4.69) is 54.8 Å². The minimum Gasteiger partial charge on any atom is -0.507 e. The summed E-state index contributed by atoms with van der Waals surface area (Å²) in [6, 6.07) is -2.75. The first kappa shape index (κ1) is 103. The fraction of sp³-hybridized carbons (Fsp3) is 0.524. The maximum atomic E-state index is 16.4. The van der Waals surface area contributed by atoms with Crippen molar-refractivity contribution >= 4 is 97.9 Å². The number of rotatable bonds is 34. The summed E-state index contributed by atoms with van der Waals surface area (Å²) < 4.78 is 64.3. The number of hydrogen-bond donors (Lipinski definition) is 24. The molecule has 0 aliphatic carbocycles. The van der Waals surface area contributed by atoms with Crippen molar-refractivity contribution in [1.82, 2.24) is 52.8 Å². The Hall–Kier alpha value is -9.80. The van der Waals surface area contributed by atoms with E-state index in [0.29, 0.717) is 19.1 Å². The first-order chi connectivity index (χ1) is 61.8. The molecule has 18 atom stereocenters. The molecule has 0 saturated carbocycles. The van der Waals surface area contributed by atoms with Gasteiger partial charge in [-0.3, -0.25) is 47.5 Å². The van der Waals surface area contributed by atoms with Crippen molar-refractivity contribution < 1.29 is 156 Å². The Morgan fingerprint density at radius 2 is 1.31 bits per heavy atom. The van der Waals surface area contributed by atoms with Crippen LogP contribution in [0.15, 0.2) is 72.8 Å². The number of nitrogens with zero attached hydrogens (tertiary/aromatic N) is 1. The van der Waals surface area contributed by atoms with Gasteiger partial charge in [0.15, 0.2) is 35.3 Å². The summed E-state index contributed by atoms with van der Waals surface area (Å²) in [4.78, 5) is 186. The van der Waals surface area contributed by atoms with Gasteiger partial charge in [-0.25, -0.2) is 4.79 Å². The monoisotopic (exact) mass is 1920 g/mol. The van der Waals surface area contributed by atoms with Crippen LogP contribution in [0.3, 0.4) is 0 Å². The summed E-state index contributed by atoms with van der Waals surface area (Å²) in [7, 11) is -9.72. The lowest BCUT2D eigenvalue weighted by atomic mass is 9.85. The normalized spacial score (nSPS) is 25.7. The van der Waals surface area contributed by atoms with Crippen molar-refractivity contribution in [3.63, 3.8) is 0 Å². The molecule has 7 aliphatic rings. The largest absolute Gasteiger partial charge is 0.507 e. The number of carbonyl (C=O) groups is 10. The SMILES string of the molecule is CCCCCCCCCCN(CCN[C@]1(C)CC(OC2C(Oc3c4cc5cc3Oc3ccc(cc3Cl)[C@H](O)C(NC(=O)C(CC(C)C)NC)C(=O)NC(CC(N)=O)C(=O)NC5C(=O)NC3C(=O)NC(C(=O)N[C@@H](C(=O)O)c5cc(O)c(CNCC=O)c(O)c5-c5cc3ccc5O)[C@H](O)c3ccc(c(Cl)c3)O4)OC(CO)C(O)C2O)OC(C)C1O)C(=O)CC(P(=O)(O)O)P(=O)(O)O. The smallest absolute Gasteiger partial charge is 0.341 e. The van der Waals surface area contributed by atoms with E-state index in [1.54, 1.807) is 13.8 Å². The summed E-state index contributed by atoms with van der Waals surface area (Å²) in [5.74, 6) is -18.4. The number of amides is 8. The zero-order valence-corrected chi connectivity index (χ0v) is 75.3. The molecule has 47 heteroatoms. The number of aromatic hydroxyl groups is 3. The maximum Gasteiger partial charge on any atom is 0.341 e. The third kappa shape index (κ3) is 25.2. The number of phenolic OH excluding ortho intramolecular Hbond substituents is 3. The number of fused-ring (bicyclic) bond motifs is 15. The molecule has 8 amide bonds. The number of benzene rings is 5. The molecule has 12 rings (SSSR count). The number of unbranched alkanes of at least 4 members (excludes halogenated alkanes) is 7. The first-order valence-electron chi connectivity index (χ1n) is 42.3. The molecule has 11 bridgehead atoms. The average molecular weight is 1920 g/mol. The van der Waals surface area contributed by atoms with Gasteiger partial charge in [-0.15, -0.1) is 0 Å². The number of carboxylic acid groups (broad SMARTS) is 1. The second kappa shape index (κ2) is 44.8. The highest BCUT2D eigenvalue weighted by Crippen LogP contribution is 2.61. The molecule has 25 N–H and O–H groups in total. The molecule has 5 aromatic carbocycles. The van der Waals surface area contributed by atoms with E-state index < -0.39 is 305 Å². The number of nitrogens with two attached hydrogens (primary N) is 1. The van der Waals surface area contributed by atoms with Crippen LogP contribution in [0.1, 0.15) is 175 Å². The number of hydrogen-bond acceptors (Lipinski definition) is 30. The summed E-state index contributed by atoms with van der Waals surface area (Å²) in [6.07, 6.45) is -14.8. The number of aliphatic hydroxyl groups excluding tert-OH is 6. The summed E-state index contributed by atoms with van der Waals surface area (Å²) in [6.45, 7) is 6.11. The van der Waals surface area contributed by atoms with Crippen molar-refractivity contribution in [1.29, 1.82) is 0 Å². The Labute approximate surface area is 760 Å². The van der Waals surface area contributed by atoms with Gasteiger partial charge < -0.3 is 162 Å². The second-order valence-corrected chi connectivity index (χ2v) is 38.2. The van der Waals surface area contributed by atoms with Gasteiger partial charge in [0.2, 0.25) is 59.3 Å². The van der Waals surface area contributed by atoms with Gasteiger partial charge in [0, 0.05) is 54.8 Å². The molecule has 0 radical (unpaired) electrons. The molecule has 5 aromatic rings. The molecular weight excluding hydrogens is 1810 g/mol. The minimum absolute atomic E-state index is 0.0244. The molecule has 2 saturated heterocycles. The van der Waals surface area contributed by atoms with Crippen LogP contribution in [0.4, 0.5) is 0 Å². The van der Waals surface area contributed by atoms with Gasteiger partial charge >= 0.3 is 21.2 Å². The Morgan fingerprint density at radius 1 is 0.710 bits per heavy atom. The van der Waals surface area contributed by atoms with E-state index in [9.17, 15) is 104 Å². The summed E-state index contributed by atoms with van der Waals surface area (Å²) >= 11 is 14.3. The molecule has 0 aromatic heterocycles. The topological polar surface area (TPSA) is 681 Å². The van der Waals surface area contributed by atoms with E-state index >= 15 is 24.0 Å². The highest BCUT2D eigenvalue weighted by molar-refractivity contribution is 7.70. The van der Waals surface area contributed by atoms with E-state index in [-0.39, 0.29) is 49.6 Å². The third-order valence-corrected chi connectivity index (χ3v) is 27.5. The van der Waals surface area contributed by atoms with Crippen molar-refractivity contribution in [3.05, 3.63) is 116 Å². The van der Waals surface area contributed by atoms with Crippen LogP contribution < -0.4 is 67.8 Å². The molecule has 131 heavy (non-hydrogen) atoms. The zero-order valence-electron chi connectivity index (χ0n) is 72.0. The molecule has 43 nitrogen and oxygen atoms in total. The Balaban J connectivity index is 1.16. The number of primary amides is 1. The van der Waals surface area contributed by atoms with Crippen molar-refractivity contribution in [2.75, 3.05) is 39.8 Å². The van der Waals surface area contributed by atoms with Crippen LogP contribution in [0, 0.1) is 5.92 Å². The van der Waals surface area contributed by atoms with Crippen molar-refractivity contribution in [2.45, 2.75) is 233 Å². The van der Waals surface area contributed by atoms with Gasteiger partial charge in [0.1, 0.15) is 95.8 Å². The van der Waals surface area contributed by atoms with E-state index in [4.69, 9.17) is 57.4 Å². The summed E-state index contributed by atoms with van der Waals surface area (Å²) in [5, 5.41) is 138. The van der Waals surface area contributed by atoms with Gasteiger partial charge in [-0.1, -0.05) is 107 Å². The lowest BCUT2D eigenvalue weighted by molar-refractivity contribution is -0.334. The lowest BCUT2D eigenvalue weighted by Gasteiger charge is -2.48. The third-order valence-electron chi connectivity index (χ3n) is 23.2. The van der Waals surface area contributed by atoms with Gasteiger partial charge in [-0.2, -0.15) is 0 Å². The van der Waals surface area contributed by atoms with E-state index in [1.165, 1.54) is 31.9 Å². The van der Waals surface area contributed by atoms with Crippen LogP contribution in [0.5, 0.6) is 46.0 Å². The summed E-state index contributed by atoms with van der Waals surface area (Å²) in [5.41, 5.74) is 0.362. The molecule has 7 aliphatic heterocycles. The fourth-order valence-corrected chi connectivity index (χ4v) is 18.9. The Bertz CT molecular complexity index is 5110. The predicted octanol–water partition coefficient (Wildman–Crippen LogP) is 2.07. The molecule has 2 fully saturated rings. The Kier molecular flexibility index (Phi) is 35.3. The predicted molar refractivity (Wildman–Crippen MR) is 463 cm³/mol. The molecule has 718 valence electrons. The first-order valence-corrected chi connectivity index (χ1v) is 46.4. The van der Waals surface area contributed by atoms with E-state index in [0.717, 1.165) is 105 Å². The fourth-order valence-electron chi connectivity index (χ4n) is 16.1. The number of aldehydes is 1. The maximum absolute atomic E-state index is 16.4. The standard InChI is InChI=1S/C84H111Cl2N11O32P2/c1-7-8-9-10-11-12-13-14-23-97(59(103)34-61(130(118,119)120)131(121,122)123)24-21-90-84(5)35-60(124-39(4)75(84)109)128-74-72(108)71(107)57(37-99)127-83(74)129-73-55-30-43-31-56(73)126-54-20-17-42(29-48(54)86)69(105)67-81(115)94-65(82(116)117)45-32-52(101)46(36-89-22-25-98)70(106)62(45)44-27-40(15-18-51(44)100)63(78(112)96-67)93-79(113)64(43)92-77(111)50(33-58(87)102)91-80(114)66(95-76(110)49(88-6)26-38(2)3)68(104)41-16-19-53(125-55)47(85)28-41/h15-20,25,27-32,38-39,49-50,57,60-61,63-69,71-72,74-75,83,88-90,99-101,104-109H,7-14,21-24,26,33-37H2,1-6H3,(H2,87,102)(H,91,114)(H,92,111)(H,93,113)(H,94,115)(H,95,110)(H,96,112)(H,116,117)(H2,118,119,120)(H2,121,122,123)/t39?,49?,50?,57?,60?,63?,64?,65-,66?,67?,68+,69-,71?,72?,74?,75?,83?,84-/m1/s1. The molecule has 14 unspecified atom stereocenters. The number of likely N-dealkylation sites (N-methyl/N-ethyl adjacent to an activating group) is 1. The number of aliphatic hydroxyl groups is 6. The van der Waals surface area contributed by atoms with Crippen LogP contribution >= 0.6 is 38.4 Å². The van der Waals surface area contributed by atoms with E-state index in [1.807, 2.05) is 0 Å². The number of nitrogens with one attached hydrogen (secondary N) is 9. The van der Waals surface area contributed by atoms with Gasteiger partial charge in [0.05, 0.1) is 59.9 Å². The molecule has 7 heterocycles. The van der Waals surface area contributed by atoms with Crippen molar-refractivity contribution in [3.8, 4) is 57.1 Å². The molecule has 0 spiro atoms. The quantitative estimate of drug-likeness (QED) is 0.0159. The number of carboxylic acids is 1. The van der Waals surface area contributed by atoms with Crippen LogP contribution in [0.2, 0.25) is 10.0 Å². The number of ether oxygens (including phenoxy) is 6. The molecular formula is C84H111Cl2N11O32P2. The number of halogens is 2. The van der Waals surface area contributed by atoms with Crippen molar-refractivity contribution in [2.24, 2.45) is 11.7 Å². The van der Waals surface area contributed by atoms with Crippen LogP contribution in [-0.4, -0.2) is 259 Å².